The van der Waals surface area contributed by atoms with E-state index in [2.05, 4.69) is 124 Å². The molecule has 0 spiro atoms. The Kier molecular flexibility index (Phi) is 12.4. The summed E-state index contributed by atoms with van der Waals surface area (Å²) in [7, 11) is 0. The summed E-state index contributed by atoms with van der Waals surface area (Å²) in [6, 6.07) is 21.9. The molecule has 0 radical (unpaired) electrons. The molecule has 0 amide bonds. The van der Waals surface area contributed by atoms with Gasteiger partial charge in [0.2, 0.25) is 0 Å². The molecule has 0 saturated heterocycles. The smallest absolute Gasteiger partial charge is 1.00 e. The number of halogens is 2. The van der Waals surface area contributed by atoms with Gasteiger partial charge in [-0.05, 0) is 28.4 Å². The van der Waals surface area contributed by atoms with Crippen LogP contribution in [0.25, 0.3) is 11.1 Å². The Balaban J connectivity index is 0.000000714. The van der Waals surface area contributed by atoms with Crippen LogP contribution >= 0.6 is 0 Å². The maximum Gasteiger partial charge on any atom is 4.00 e. The minimum Gasteiger partial charge on any atom is -1.00 e. The Hall–Kier alpha value is -0.747. The van der Waals surface area contributed by atoms with E-state index in [4.69, 9.17) is 0 Å². The van der Waals surface area contributed by atoms with Gasteiger partial charge in [-0.1, -0.05) is 105 Å². The first-order valence-electron chi connectivity index (χ1n) is 12.2. The van der Waals surface area contributed by atoms with Gasteiger partial charge in [0.15, 0.2) is 0 Å². The van der Waals surface area contributed by atoms with E-state index in [9.17, 15) is 0 Å². The van der Waals surface area contributed by atoms with Crippen molar-refractivity contribution in [3.05, 3.63) is 88.0 Å². The number of rotatable bonds is 1. The molecule has 0 nitrogen and oxygen atoms in total. The van der Waals surface area contributed by atoms with Crippen LogP contribution in [0.1, 0.15) is 103 Å². The van der Waals surface area contributed by atoms with Crippen LogP contribution in [0, 0.1) is 6.07 Å². The Morgan fingerprint density at radius 3 is 1.77 bits per heavy atom. The fourth-order valence-corrected chi connectivity index (χ4v) is 4.21. The van der Waals surface area contributed by atoms with Crippen molar-refractivity contribution in [1.29, 1.82) is 0 Å². The molecule has 0 atom stereocenters. The van der Waals surface area contributed by atoms with Gasteiger partial charge in [0.05, 0.1) is 0 Å². The van der Waals surface area contributed by atoms with Crippen molar-refractivity contribution >= 4 is 0 Å². The van der Waals surface area contributed by atoms with Gasteiger partial charge >= 0.3 is 26.2 Å². The zero-order chi connectivity index (χ0) is 23.9. The van der Waals surface area contributed by atoms with E-state index in [1.54, 1.807) is 0 Å². The van der Waals surface area contributed by atoms with Gasteiger partial charge in [-0.2, -0.15) is 47.0 Å². The van der Waals surface area contributed by atoms with Crippen molar-refractivity contribution in [2.75, 3.05) is 0 Å². The number of hydrogen-bond acceptors (Lipinski definition) is 0. The van der Waals surface area contributed by atoms with Gasteiger partial charge in [0, 0.05) is 0 Å². The van der Waals surface area contributed by atoms with E-state index in [0.29, 0.717) is 5.41 Å². The molecular weight excluding hydrogens is 546 g/mol. The van der Waals surface area contributed by atoms with Crippen LogP contribution in [0.5, 0.6) is 0 Å². The van der Waals surface area contributed by atoms with Gasteiger partial charge in [-0.15, -0.1) is 11.1 Å². The summed E-state index contributed by atoms with van der Waals surface area (Å²) >= 11 is 0. The third kappa shape index (κ3) is 8.38. The van der Waals surface area contributed by atoms with Crippen LogP contribution in [0.3, 0.4) is 0 Å². The first kappa shape index (κ1) is 34.3. The monoisotopic (exact) mass is 586 g/mol. The molecule has 0 N–H and O–H groups in total. The molecule has 35 heavy (non-hydrogen) atoms. The third-order valence-corrected chi connectivity index (χ3v) is 6.56. The summed E-state index contributed by atoms with van der Waals surface area (Å²) in [6.45, 7) is 22.6. The second-order valence-corrected chi connectivity index (χ2v) is 12.4. The number of hydrogen-bond donors (Lipinski definition) is 0. The zero-order valence-electron chi connectivity index (χ0n) is 23.3. The molecular formula is C32H42Cl2Zr. The molecule has 0 fully saturated rings. The summed E-state index contributed by atoms with van der Waals surface area (Å²) in [4.78, 5) is 0. The maximum atomic E-state index is 3.67. The Morgan fingerprint density at radius 2 is 1.31 bits per heavy atom. The molecule has 4 rings (SSSR count). The van der Waals surface area contributed by atoms with Gasteiger partial charge in [0.1, 0.15) is 0 Å². The zero-order valence-corrected chi connectivity index (χ0v) is 27.3. The molecule has 0 aromatic heterocycles. The van der Waals surface area contributed by atoms with Crippen LogP contribution in [-0.2, 0) is 55.3 Å². The first-order valence-corrected chi connectivity index (χ1v) is 12.2. The normalized spacial score (nSPS) is 12.2. The summed E-state index contributed by atoms with van der Waals surface area (Å²) in [5, 5.41) is 0. The summed E-state index contributed by atoms with van der Waals surface area (Å²) in [6.07, 6.45) is 2.18. The van der Waals surface area contributed by atoms with Crippen molar-refractivity contribution in [1.82, 2.24) is 0 Å². The SMILES string of the molecule is CC(C)(C)c1[c-]c2c(cc1)-c1ccc(C(C)(C)C)cc1C2.CCc1cc(C(C)(C)C)c[cH-]1.[Cl-].[Cl-].[Zr+4]. The minimum absolute atomic E-state index is 0. The minimum atomic E-state index is 0. The number of benzene rings is 2. The number of fused-ring (bicyclic) bond motifs is 3. The van der Waals surface area contributed by atoms with E-state index in [1.165, 1.54) is 44.5 Å². The fraction of sp³-hybridized carbons (Fsp3) is 0.469. The quantitative estimate of drug-likeness (QED) is 0.300. The second kappa shape index (κ2) is 12.7. The molecule has 0 unspecified atom stereocenters. The van der Waals surface area contributed by atoms with Crippen molar-refractivity contribution in [3.63, 3.8) is 0 Å². The van der Waals surface area contributed by atoms with E-state index < -0.39 is 0 Å². The molecule has 1 aliphatic carbocycles. The molecule has 0 heterocycles. The molecule has 1 aliphatic rings. The fourth-order valence-electron chi connectivity index (χ4n) is 4.21. The second-order valence-electron chi connectivity index (χ2n) is 12.4. The standard InChI is InChI=1S/C21H25.C11H17.2ClH.Zr/c1-20(2,3)16-7-9-18-14(12-16)11-15-13-17(21(4,5)6)8-10-19(15)18;1-5-9-6-7-10(8-9)11(2,3)4;;;/h7-10,12H,11H2,1-6H3;6-8H,5H2,1-4H3;2*1H;/q2*-1;;;+4/p-2. The van der Waals surface area contributed by atoms with Gasteiger partial charge in [-0.25, -0.2) is 6.07 Å². The van der Waals surface area contributed by atoms with Crippen molar-refractivity contribution < 1.29 is 51.0 Å². The van der Waals surface area contributed by atoms with Crippen molar-refractivity contribution in [3.8, 4) is 11.1 Å². The molecule has 0 aliphatic heterocycles. The third-order valence-electron chi connectivity index (χ3n) is 6.56. The number of aryl methyl sites for hydroxylation is 1. The van der Waals surface area contributed by atoms with Crippen molar-refractivity contribution in [2.24, 2.45) is 0 Å². The predicted molar refractivity (Wildman–Crippen MR) is 141 cm³/mol. The Morgan fingerprint density at radius 1 is 0.743 bits per heavy atom. The van der Waals surface area contributed by atoms with E-state index in [1.807, 2.05) is 0 Å². The average molecular weight is 589 g/mol. The summed E-state index contributed by atoms with van der Waals surface area (Å²) < 4.78 is 0. The van der Waals surface area contributed by atoms with Crippen LogP contribution in [0.4, 0.5) is 0 Å². The van der Waals surface area contributed by atoms with Gasteiger partial charge < -0.3 is 24.8 Å². The molecule has 0 saturated carbocycles. The summed E-state index contributed by atoms with van der Waals surface area (Å²) in [5.41, 5.74) is 11.9. The topological polar surface area (TPSA) is 0 Å². The maximum absolute atomic E-state index is 3.67. The molecule has 188 valence electrons. The largest absolute Gasteiger partial charge is 4.00 e. The molecule has 3 heteroatoms. The van der Waals surface area contributed by atoms with Gasteiger partial charge in [-0.3, -0.25) is 0 Å². The van der Waals surface area contributed by atoms with Crippen LogP contribution in [-0.4, -0.2) is 0 Å². The van der Waals surface area contributed by atoms with Crippen LogP contribution < -0.4 is 24.8 Å². The molecule has 3 aromatic rings. The predicted octanol–water partition coefficient (Wildman–Crippen LogP) is 2.92. The van der Waals surface area contributed by atoms with Crippen LogP contribution in [0.15, 0.2) is 48.5 Å². The van der Waals surface area contributed by atoms with Crippen LogP contribution in [0.2, 0.25) is 0 Å². The average Bonchev–Trinajstić information content (AvgIpc) is 3.30. The Bertz CT molecular complexity index is 1020. The van der Waals surface area contributed by atoms with E-state index in [-0.39, 0.29) is 61.8 Å². The Labute approximate surface area is 247 Å². The van der Waals surface area contributed by atoms with E-state index >= 15 is 0 Å². The molecule has 0 bridgehead atoms. The first-order chi connectivity index (χ1) is 14.7. The molecule has 3 aromatic carbocycles. The summed E-state index contributed by atoms with van der Waals surface area (Å²) in [5.74, 6) is 0. The van der Waals surface area contributed by atoms with E-state index in [0.717, 1.165) is 12.8 Å². The van der Waals surface area contributed by atoms with Crippen molar-refractivity contribution in [2.45, 2.75) is 98.3 Å². The van der Waals surface area contributed by atoms with Gasteiger partial charge in [0.25, 0.3) is 0 Å².